The molecule has 3 fully saturated rings. The lowest BCUT2D eigenvalue weighted by molar-refractivity contribution is -0.116. The number of rotatable bonds is 11. The molecule has 0 bridgehead atoms. The van der Waals surface area contributed by atoms with Gasteiger partial charge in [0.2, 0.25) is 5.12 Å². The van der Waals surface area contributed by atoms with Crippen LogP contribution in [0.4, 0.5) is 0 Å². The van der Waals surface area contributed by atoms with Gasteiger partial charge in [-0.15, -0.1) is 0 Å². The van der Waals surface area contributed by atoms with Crippen LogP contribution in [0.25, 0.3) is 0 Å². The Balaban J connectivity index is 1.16. The minimum atomic E-state index is -0.405. The van der Waals surface area contributed by atoms with Crippen molar-refractivity contribution in [2.45, 2.75) is 135 Å². The predicted molar refractivity (Wildman–Crippen MR) is 166 cm³/mol. The summed E-state index contributed by atoms with van der Waals surface area (Å²) in [6.07, 6.45) is 22.9. The normalized spacial score (nSPS) is 36.3. The van der Waals surface area contributed by atoms with Gasteiger partial charge in [-0.25, -0.2) is 0 Å². The summed E-state index contributed by atoms with van der Waals surface area (Å²) in [5, 5.41) is 0.578. The highest BCUT2D eigenvalue weighted by molar-refractivity contribution is 8.14. The smallest absolute Gasteiger partial charge is 0.229 e. The van der Waals surface area contributed by atoms with Crippen LogP contribution in [0.2, 0.25) is 0 Å². The van der Waals surface area contributed by atoms with E-state index in [0.717, 1.165) is 42.3 Å². The third-order valence-corrected chi connectivity index (χ3v) is 13.1. The molecule has 2 nitrogen and oxygen atoms in total. The number of carbonyl (C=O) groups excluding carboxylic acids is 1. The Bertz CT molecular complexity index is 987. The summed E-state index contributed by atoms with van der Waals surface area (Å²) in [4.78, 5) is 13.0. The monoisotopic (exact) mass is 550 g/mol. The van der Waals surface area contributed by atoms with Crippen molar-refractivity contribution in [3.63, 3.8) is 0 Å². The van der Waals surface area contributed by atoms with E-state index in [-0.39, 0.29) is 5.12 Å². The minimum Gasteiger partial charge on any atom is -0.482 e. The number of carbonyl (C=O) groups is 1. The second-order valence-electron chi connectivity index (χ2n) is 14.0. The van der Waals surface area contributed by atoms with Crippen molar-refractivity contribution in [3.05, 3.63) is 42.0 Å². The number of thioether (sulfide) groups is 1. The van der Waals surface area contributed by atoms with Crippen molar-refractivity contribution in [3.8, 4) is 5.75 Å². The lowest BCUT2D eigenvalue weighted by Gasteiger charge is -2.58. The quantitative estimate of drug-likeness (QED) is 0.202. The number of allylic oxidation sites excluding steroid dienone is 2. The summed E-state index contributed by atoms with van der Waals surface area (Å²) in [5.41, 5.74) is 2.62. The summed E-state index contributed by atoms with van der Waals surface area (Å²) in [5.74, 6) is 4.41. The lowest BCUT2D eigenvalue weighted by atomic mass is 9.47. The van der Waals surface area contributed by atoms with Crippen molar-refractivity contribution in [2.75, 3.05) is 0 Å². The molecule has 4 aliphatic rings. The molecular formula is C36H54O2S. The number of hydrogen-bond acceptors (Lipinski definition) is 3. The van der Waals surface area contributed by atoms with Crippen LogP contribution in [-0.4, -0.2) is 16.5 Å². The van der Waals surface area contributed by atoms with Crippen LogP contribution in [0.5, 0.6) is 5.75 Å². The Kier molecular flexibility index (Phi) is 9.57. The van der Waals surface area contributed by atoms with Gasteiger partial charge in [-0.05, 0) is 111 Å². The van der Waals surface area contributed by atoms with Crippen molar-refractivity contribution in [2.24, 2.45) is 34.5 Å². The molecule has 0 aromatic heterocycles. The average molecular weight is 551 g/mol. The van der Waals surface area contributed by atoms with Gasteiger partial charge < -0.3 is 4.74 Å². The second kappa shape index (κ2) is 12.7. The molecule has 0 radical (unpaired) electrons. The number of unbranched alkanes of at least 4 members (excludes halogenated alkanes) is 5. The summed E-state index contributed by atoms with van der Waals surface area (Å²) in [6.45, 7) is 9.52. The molecule has 5 rings (SSSR count). The Morgan fingerprint density at radius 2 is 1.74 bits per heavy atom. The predicted octanol–water partition coefficient (Wildman–Crippen LogP) is 10.4. The number of hydrogen-bond donors (Lipinski definition) is 0. The Morgan fingerprint density at radius 3 is 2.54 bits per heavy atom. The van der Waals surface area contributed by atoms with Gasteiger partial charge in [0.05, 0.1) is 0 Å². The number of ether oxygens (including phenoxy) is 1. The van der Waals surface area contributed by atoms with Gasteiger partial charge in [0.1, 0.15) is 5.75 Å². The molecule has 1 aromatic rings. The van der Waals surface area contributed by atoms with Gasteiger partial charge >= 0.3 is 0 Å². The zero-order valence-electron chi connectivity index (χ0n) is 25.3. The molecule has 216 valence electrons. The van der Waals surface area contributed by atoms with Gasteiger partial charge in [0.25, 0.3) is 0 Å². The van der Waals surface area contributed by atoms with Crippen molar-refractivity contribution in [1.82, 2.24) is 0 Å². The highest BCUT2D eigenvalue weighted by Gasteiger charge is 2.58. The molecule has 0 N–H and O–H groups in total. The van der Waals surface area contributed by atoms with Crippen LogP contribution in [-0.2, 0) is 4.79 Å². The maximum atomic E-state index is 13.0. The van der Waals surface area contributed by atoms with Crippen molar-refractivity contribution < 1.29 is 9.53 Å². The highest BCUT2D eigenvalue weighted by Crippen LogP contribution is 2.67. The minimum absolute atomic E-state index is 0.178. The van der Waals surface area contributed by atoms with Gasteiger partial charge in [0.15, 0.2) is 6.10 Å². The molecule has 1 aromatic carbocycles. The Morgan fingerprint density at radius 1 is 0.974 bits per heavy atom. The van der Waals surface area contributed by atoms with E-state index < -0.39 is 6.10 Å². The van der Waals surface area contributed by atoms with Crippen LogP contribution >= 0.6 is 11.8 Å². The largest absolute Gasteiger partial charge is 0.482 e. The lowest BCUT2D eigenvalue weighted by Crippen LogP contribution is -2.50. The van der Waals surface area contributed by atoms with Crippen molar-refractivity contribution in [1.29, 1.82) is 0 Å². The molecule has 3 heteroatoms. The summed E-state index contributed by atoms with van der Waals surface area (Å²) in [6, 6.07) is 9.75. The molecule has 39 heavy (non-hydrogen) atoms. The molecule has 0 amide bonds. The summed E-state index contributed by atoms with van der Waals surface area (Å²) in [7, 11) is 0. The molecule has 0 saturated heterocycles. The first-order valence-electron chi connectivity index (χ1n) is 16.5. The first-order chi connectivity index (χ1) is 18.8. The van der Waals surface area contributed by atoms with E-state index in [1.54, 1.807) is 17.3 Å². The maximum absolute atomic E-state index is 13.0. The van der Waals surface area contributed by atoms with Gasteiger partial charge in [-0.3, -0.25) is 4.79 Å². The van der Waals surface area contributed by atoms with Gasteiger partial charge in [-0.2, -0.15) is 0 Å². The van der Waals surface area contributed by atoms with Gasteiger partial charge in [-0.1, -0.05) is 101 Å². The third kappa shape index (κ3) is 6.19. The molecule has 0 unspecified atom stereocenters. The fraction of sp³-hybridized carbons (Fsp3) is 0.750. The molecular weight excluding hydrogens is 496 g/mol. The Hall–Kier alpha value is -1.22. The molecule has 4 aliphatic carbocycles. The topological polar surface area (TPSA) is 26.3 Å². The highest BCUT2D eigenvalue weighted by atomic mass is 32.2. The SMILES string of the molecule is CCCCCCCC[C@H]1CC[C@H]2[C@@H]3CC=C4C[C@@H](SC(=O)[C@@H](C)Oc5ccccc5)CC[C@]4(C)[C@H]3CC[C@]12C. The zero-order chi connectivity index (χ0) is 27.5. The van der Waals surface area contributed by atoms with E-state index in [0.29, 0.717) is 16.1 Å². The van der Waals surface area contributed by atoms with Crippen molar-refractivity contribution >= 4 is 16.9 Å². The number of fused-ring (bicyclic) bond motifs is 5. The summed E-state index contributed by atoms with van der Waals surface area (Å²) >= 11 is 1.56. The first kappa shape index (κ1) is 29.3. The molecule has 3 saturated carbocycles. The van der Waals surface area contributed by atoms with E-state index in [2.05, 4.69) is 26.8 Å². The molecule has 0 spiro atoms. The average Bonchev–Trinajstić information content (AvgIpc) is 3.27. The fourth-order valence-electron chi connectivity index (χ4n) is 9.49. The number of para-hydroxylation sites is 1. The van der Waals surface area contributed by atoms with Crippen LogP contribution in [0.3, 0.4) is 0 Å². The summed E-state index contributed by atoms with van der Waals surface area (Å²) < 4.78 is 5.93. The van der Waals surface area contributed by atoms with Crippen LogP contribution < -0.4 is 4.74 Å². The fourth-order valence-corrected chi connectivity index (χ4v) is 10.6. The second-order valence-corrected chi connectivity index (χ2v) is 15.3. The van der Waals surface area contributed by atoms with Crippen LogP contribution in [0, 0.1) is 34.5 Å². The van der Waals surface area contributed by atoms with E-state index in [9.17, 15) is 4.79 Å². The third-order valence-electron chi connectivity index (χ3n) is 11.8. The molecule has 0 heterocycles. The Labute approximate surface area is 243 Å². The van der Waals surface area contributed by atoms with E-state index in [1.165, 1.54) is 83.5 Å². The van der Waals surface area contributed by atoms with Crippen LogP contribution in [0.15, 0.2) is 42.0 Å². The zero-order valence-corrected chi connectivity index (χ0v) is 26.1. The molecule has 8 atom stereocenters. The first-order valence-corrected chi connectivity index (χ1v) is 17.3. The standard InChI is InChI=1S/C36H54O2S/c1-5-6-7-8-9-11-14-27-18-20-32-31-19-17-28-25-30(21-23-36(28,4)33(31)22-24-35(27,32)3)39-34(37)26(2)38-29-15-12-10-13-16-29/h10,12-13,15-17,26-27,30-33H,5-9,11,14,18-25H2,1-4H3/t26-,27+,30+,31+,32+,33+,35-,36+/m1/s1. The van der Waals surface area contributed by atoms with Crippen LogP contribution in [0.1, 0.15) is 124 Å². The van der Waals surface area contributed by atoms with E-state index >= 15 is 0 Å². The number of benzene rings is 1. The molecule has 0 aliphatic heterocycles. The maximum Gasteiger partial charge on any atom is 0.229 e. The van der Waals surface area contributed by atoms with E-state index in [1.807, 2.05) is 37.3 Å². The van der Waals surface area contributed by atoms with E-state index in [4.69, 9.17) is 4.74 Å². The van der Waals surface area contributed by atoms with Gasteiger partial charge in [0, 0.05) is 5.25 Å².